The number of nitro groups is 1. The Kier molecular flexibility index (Phi) is 5.95. The minimum Gasteiger partial charge on any atom is -0.351 e. The monoisotopic (exact) mass is 265 g/mol. The van der Waals surface area contributed by atoms with Crippen LogP contribution in [0.3, 0.4) is 0 Å². The van der Waals surface area contributed by atoms with Gasteiger partial charge < -0.3 is 10.6 Å². The molecule has 0 aliphatic carbocycles. The molecule has 0 spiro atoms. The number of rotatable bonds is 7. The Hall–Kier alpha value is -1.95. The van der Waals surface area contributed by atoms with E-state index >= 15 is 0 Å². The van der Waals surface area contributed by atoms with Crippen molar-refractivity contribution in [1.29, 1.82) is 0 Å². The van der Waals surface area contributed by atoms with Crippen LogP contribution in [0, 0.1) is 17.0 Å². The number of nitro benzene ring substituents is 1. The molecular formula is C13H19N3O3. The van der Waals surface area contributed by atoms with E-state index in [4.69, 9.17) is 0 Å². The Morgan fingerprint density at radius 1 is 1.32 bits per heavy atom. The summed E-state index contributed by atoms with van der Waals surface area (Å²) in [6.07, 6.45) is 1.03. The number of carbonyl (C=O) groups excluding carboxylic acids is 1. The third-order valence-corrected chi connectivity index (χ3v) is 2.69. The maximum Gasteiger partial charge on any atom is 0.282 e. The Morgan fingerprint density at radius 2 is 2.05 bits per heavy atom. The minimum atomic E-state index is -0.531. The maximum absolute atomic E-state index is 12.0. The van der Waals surface area contributed by atoms with Gasteiger partial charge in [0.2, 0.25) is 0 Å². The fraction of sp³-hybridized carbons (Fsp3) is 0.462. The van der Waals surface area contributed by atoms with Gasteiger partial charge in [0.05, 0.1) is 4.92 Å². The van der Waals surface area contributed by atoms with Gasteiger partial charge in [-0.25, -0.2) is 0 Å². The fourth-order valence-corrected chi connectivity index (χ4v) is 1.75. The van der Waals surface area contributed by atoms with Gasteiger partial charge in [-0.05, 0) is 25.5 Å². The van der Waals surface area contributed by atoms with Crippen molar-refractivity contribution in [3.8, 4) is 0 Å². The van der Waals surface area contributed by atoms with Crippen LogP contribution >= 0.6 is 0 Å². The fourth-order valence-electron chi connectivity index (χ4n) is 1.75. The number of nitrogens with zero attached hydrogens (tertiary/aromatic N) is 1. The van der Waals surface area contributed by atoms with Crippen LogP contribution in [0.1, 0.15) is 29.3 Å². The molecule has 1 aromatic rings. The van der Waals surface area contributed by atoms with Crippen molar-refractivity contribution in [3.05, 3.63) is 39.4 Å². The van der Waals surface area contributed by atoms with Gasteiger partial charge in [-0.3, -0.25) is 14.9 Å². The zero-order chi connectivity index (χ0) is 14.3. The van der Waals surface area contributed by atoms with Crippen LogP contribution in [0.15, 0.2) is 18.2 Å². The van der Waals surface area contributed by atoms with E-state index in [2.05, 4.69) is 17.6 Å². The maximum atomic E-state index is 12.0. The molecule has 0 saturated carbocycles. The number of carbonyl (C=O) groups is 1. The summed E-state index contributed by atoms with van der Waals surface area (Å²) in [5.41, 5.74) is 0.593. The summed E-state index contributed by atoms with van der Waals surface area (Å²) >= 11 is 0. The number of hydrogen-bond donors (Lipinski definition) is 2. The zero-order valence-corrected chi connectivity index (χ0v) is 11.2. The molecule has 1 aromatic carbocycles. The second-order valence-electron chi connectivity index (χ2n) is 4.23. The summed E-state index contributed by atoms with van der Waals surface area (Å²) in [5, 5.41) is 16.7. The second kappa shape index (κ2) is 7.48. The van der Waals surface area contributed by atoms with Crippen molar-refractivity contribution in [2.75, 3.05) is 19.6 Å². The highest BCUT2D eigenvalue weighted by Gasteiger charge is 2.21. The lowest BCUT2D eigenvalue weighted by Crippen LogP contribution is -2.32. The summed E-state index contributed by atoms with van der Waals surface area (Å²) in [4.78, 5) is 22.4. The van der Waals surface area contributed by atoms with E-state index in [0.717, 1.165) is 13.0 Å². The van der Waals surface area contributed by atoms with E-state index in [1.807, 2.05) is 0 Å². The van der Waals surface area contributed by atoms with E-state index in [9.17, 15) is 14.9 Å². The number of hydrogen-bond acceptors (Lipinski definition) is 4. The predicted octanol–water partition coefficient (Wildman–Crippen LogP) is 1.63. The van der Waals surface area contributed by atoms with Crippen molar-refractivity contribution in [2.45, 2.75) is 20.3 Å². The first-order valence-corrected chi connectivity index (χ1v) is 6.30. The minimum absolute atomic E-state index is 0.142. The van der Waals surface area contributed by atoms with Gasteiger partial charge in [0.25, 0.3) is 11.6 Å². The molecule has 0 aliphatic rings. The molecule has 6 nitrogen and oxygen atoms in total. The van der Waals surface area contributed by atoms with E-state index in [1.54, 1.807) is 19.1 Å². The Labute approximate surface area is 112 Å². The average molecular weight is 265 g/mol. The van der Waals surface area contributed by atoms with Crippen LogP contribution in [0.2, 0.25) is 0 Å². The van der Waals surface area contributed by atoms with E-state index in [-0.39, 0.29) is 11.3 Å². The molecule has 1 rings (SSSR count). The van der Waals surface area contributed by atoms with E-state index in [0.29, 0.717) is 18.7 Å². The lowest BCUT2D eigenvalue weighted by Gasteiger charge is -2.08. The first kappa shape index (κ1) is 15.1. The molecule has 0 fully saturated rings. The van der Waals surface area contributed by atoms with Gasteiger partial charge in [0.1, 0.15) is 5.56 Å². The number of amides is 1. The van der Waals surface area contributed by atoms with Crippen molar-refractivity contribution < 1.29 is 9.72 Å². The molecule has 19 heavy (non-hydrogen) atoms. The summed E-state index contributed by atoms with van der Waals surface area (Å²) in [6, 6.07) is 4.61. The Morgan fingerprint density at radius 3 is 2.68 bits per heavy atom. The molecule has 2 N–H and O–H groups in total. The highest BCUT2D eigenvalue weighted by atomic mass is 16.6. The predicted molar refractivity (Wildman–Crippen MR) is 73.3 cm³/mol. The van der Waals surface area contributed by atoms with Crippen LogP contribution in [0.4, 0.5) is 5.69 Å². The van der Waals surface area contributed by atoms with Crippen LogP contribution in [0.5, 0.6) is 0 Å². The largest absolute Gasteiger partial charge is 0.351 e. The summed E-state index contributed by atoms with van der Waals surface area (Å²) in [7, 11) is 0. The second-order valence-corrected chi connectivity index (χ2v) is 4.23. The average Bonchev–Trinajstić information content (AvgIpc) is 2.37. The highest BCUT2D eigenvalue weighted by Crippen LogP contribution is 2.21. The summed E-state index contributed by atoms with van der Waals surface area (Å²) < 4.78 is 0. The third-order valence-electron chi connectivity index (χ3n) is 2.69. The third kappa shape index (κ3) is 4.33. The number of aryl methyl sites for hydroxylation is 1. The molecular weight excluding hydrogens is 246 g/mol. The molecule has 1 amide bonds. The first-order chi connectivity index (χ1) is 9.07. The highest BCUT2D eigenvalue weighted by molar-refractivity contribution is 5.99. The smallest absolute Gasteiger partial charge is 0.282 e. The van der Waals surface area contributed by atoms with Crippen LogP contribution in [0.25, 0.3) is 0 Å². The molecule has 0 unspecified atom stereocenters. The molecule has 0 saturated heterocycles. The first-order valence-electron chi connectivity index (χ1n) is 6.30. The lowest BCUT2D eigenvalue weighted by atomic mass is 10.1. The van der Waals surface area contributed by atoms with Crippen molar-refractivity contribution in [1.82, 2.24) is 10.6 Å². The van der Waals surface area contributed by atoms with Gasteiger partial charge in [0.15, 0.2) is 0 Å². The molecule has 6 heteroatoms. The van der Waals surface area contributed by atoms with Crippen LogP contribution < -0.4 is 10.6 Å². The van der Waals surface area contributed by atoms with E-state index in [1.165, 1.54) is 6.07 Å². The van der Waals surface area contributed by atoms with Crippen molar-refractivity contribution in [2.24, 2.45) is 0 Å². The normalized spacial score (nSPS) is 10.2. The van der Waals surface area contributed by atoms with Crippen LogP contribution in [-0.4, -0.2) is 30.5 Å². The quantitative estimate of drug-likeness (QED) is 0.446. The topological polar surface area (TPSA) is 84.3 Å². The number of nitrogens with one attached hydrogen (secondary N) is 2. The zero-order valence-electron chi connectivity index (χ0n) is 11.2. The molecule has 0 aromatic heterocycles. The van der Waals surface area contributed by atoms with Gasteiger partial charge in [-0.15, -0.1) is 0 Å². The summed E-state index contributed by atoms with van der Waals surface area (Å²) in [6.45, 7) is 5.74. The number of benzene rings is 1. The van der Waals surface area contributed by atoms with Crippen LogP contribution in [-0.2, 0) is 0 Å². The Bertz CT molecular complexity index is 460. The van der Waals surface area contributed by atoms with Crippen molar-refractivity contribution >= 4 is 11.6 Å². The molecule has 0 atom stereocenters. The molecule has 0 heterocycles. The van der Waals surface area contributed by atoms with Gasteiger partial charge in [0, 0.05) is 19.2 Å². The summed E-state index contributed by atoms with van der Waals surface area (Å²) in [5.74, 6) is -0.400. The molecule has 0 bridgehead atoms. The lowest BCUT2D eigenvalue weighted by molar-refractivity contribution is -0.385. The Balaban J connectivity index is 2.68. The van der Waals surface area contributed by atoms with Gasteiger partial charge in [-0.1, -0.05) is 19.1 Å². The molecule has 0 aliphatic heterocycles. The van der Waals surface area contributed by atoms with Gasteiger partial charge in [-0.2, -0.15) is 0 Å². The standard InChI is InChI=1S/C13H19N3O3/c1-3-7-14-8-9-15-13(17)12-10(2)5-4-6-11(12)16(18)19/h4-6,14H,3,7-9H2,1-2H3,(H,15,17). The molecule has 0 radical (unpaired) electrons. The van der Waals surface area contributed by atoms with E-state index < -0.39 is 10.8 Å². The van der Waals surface area contributed by atoms with Crippen molar-refractivity contribution in [3.63, 3.8) is 0 Å². The molecule has 104 valence electrons. The van der Waals surface area contributed by atoms with Gasteiger partial charge >= 0.3 is 0 Å². The SMILES string of the molecule is CCCNCCNC(=O)c1c(C)cccc1[N+](=O)[O-].